The number of hydrogen-bond donors (Lipinski definition) is 3. The summed E-state index contributed by atoms with van der Waals surface area (Å²) < 4.78 is 13.5. The smallest absolute Gasteiger partial charge is 0.342 e. The van der Waals surface area contributed by atoms with Crippen LogP contribution in [0.15, 0.2) is 81.5 Å². The Morgan fingerprint density at radius 2 is 1.92 bits per heavy atom. The second kappa shape index (κ2) is 11.7. The Kier molecular flexibility index (Phi) is 8.24. The molecule has 0 aliphatic rings. The van der Waals surface area contributed by atoms with E-state index in [-0.39, 0.29) is 17.4 Å². The number of rotatable bonds is 9. The number of hydrazone groups is 1. The average Bonchev–Trinajstić information content (AvgIpc) is 3.33. The first-order valence-electron chi connectivity index (χ1n) is 10.7. The number of H-pyrrole nitrogens is 1. The largest absolute Gasteiger partial charge is 0.507 e. The van der Waals surface area contributed by atoms with Crippen LogP contribution in [-0.2, 0) is 4.79 Å². The van der Waals surface area contributed by atoms with E-state index in [0.29, 0.717) is 28.0 Å². The highest BCUT2D eigenvalue weighted by atomic mass is 79.9. The van der Waals surface area contributed by atoms with Crippen molar-refractivity contribution < 1.29 is 23.9 Å². The lowest BCUT2D eigenvalue weighted by Crippen LogP contribution is -2.34. The number of nitrogens with one attached hydrogen (secondary N) is 2. The van der Waals surface area contributed by atoms with Gasteiger partial charge in [0.15, 0.2) is 11.5 Å². The molecule has 4 aromatic rings. The van der Waals surface area contributed by atoms with Crippen molar-refractivity contribution in [2.45, 2.75) is 5.16 Å². The maximum atomic E-state index is 12.4. The highest BCUT2D eigenvalue weighted by Crippen LogP contribution is 2.31. The number of nitrogens with zero attached hydrogens (tertiary/aromatic N) is 3. The summed E-state index contributed by atoms with van der Waals surface area (Å²) in [5, 5.41) is 22.0. The zero-order chi connectivity index (χ0) is 25.5. The number of amides is 1. The number of carbonyl (C=O) groups is 1. The Hall–Kier alpha value is -3.83. The maximum Gasteiger partial charge on any atom is 0.342 e. The fourth-order valence-electron chi connectivity index (χ4n) is 3.35. The average molecular weight is 569 g/mol. The van der Waals surface area contributed by atoms with Gasteiger partial charge in [-0.3, -0.25) is 4.79 Å². The highest BCUT2D eigenvalue weighted by Gasteiger charge is 2.25. The Bertz CT molecular complexity index is 1390. The van der Waals surface area contributed by atoms with E-state index in [1.807, 2.05) is 53.1 Å². The number of thioether (sulfide) groups is 1. The van der Waals surface area contributed by atoms with Crippen molar-refractivity contribution in [2.75, 3.05) is 20.0 Å². The lowest BCUT2D eigenvalue weighted by atomic mass is 10.2. The summed E-state index contributed by atoms with van der Waals surface area (Å²) in [5.41, 5.74) is 4.67. The lowest BCUT2D eigenvalue weighted by molar-refractivity contribution is -0.625. The first kappa shape index (κ1) is 25.3. The summed E-state index contributed by atoms with van der Waals surface area (Å²) in [6.45, 7) is 0. The second-order valence-corrected chi connectivity index (χ2v) is 9.24. The Morgan fingerprint density at radius 3 is 2.67 bits per heavy atom. The summed E-state index contributed by atoms with van der Waals surface area (Å²) in [6.07, 6.45) is 1.39. The number of phenolic OH excluding ortho intramolecular Hbond substituents is 1. The van der Waals surface area contributed by atoms with E-state index in [2.05, 4.69) is 36.7 Å². The van der Waals surface area contributed by atoms with Crippen LogP contribution in [0.2, 0.25) is 0 Å². The number of benzene rings is 3. The molecule has 0 spiro atoms. The predicted molar refractivity (Wildman–Crippen MR) is 141 cm³/mol. The molecule has 184 valence electrons. The molecule has 4 rings (SSSR count). The summed E-state index contributed by atoms with van der Waals surface area (Å²) in [4.78, 5) is 12.4. The van der Waals surface area contributed by atoms with Gasteiger partial charge in [-0.05, 0) is 60.3 Å². The number of para-hydroxylation sites is 1. The van der Waals surface area contributed by atoms with Crippen molar-refractivity contribution in [1.29, 1.82) is 0 Å². The van der Waals surface area contributed by atoms with Gasteiger partial charge in [-0.1, -0.05) is 34.1 Å². The third-order valence-corrected chi connectivity index (χ3v) is 6.49. The van der Waals surface area contributed by atoms with Gasteiger partial charge < -0.3 is 14.6 Å². The van der Waals surface area contributed by atoms with Gasteiger partial charge in [0, 0.05) is 10.0 Å². The number of phenols is 1. The number of halogens is 1. The lowest BCUT2D eigenvalue weighted by Gasteiger charge is -2.09. The van der Waals surface area contributed by atoms with Crippen LogP contribution < -0.4 is 19.5 Å². The van der Waals surface area contributed by atoms with E-state index in [1.165, 1.54) is 18.0 Å². The molecule has 0 aliphatic heterocycles. The molecule has 1 amide bonds. The minimum absolute atomic E-state index is 0.0636. The van der Waals surface area contributed by atoms with Gasteiger partial charge in [0.2, 0.25) is 0 Å². The van der Waals surface area contributed by atoms with E-state index < -0.39 is 0 Å². The zero-order valence-electron chi connectivity index (χ0n) is 19.4. The normalized spacial score (nSPS) is 11.0. The molecular formula is C25H23BrN5O4S+. The van der Waals surface area contributed by atoms with Crippen LogP contribution in [0.4, 0.5) is 0 Å². The van der Waals surface area contributed by atoms with Crippen molar-refractivity contribution in [2.24, 2.45) is 5.10 Å². The van der Waals surface area contributed by atoms with Crippen LogP contribution >= 0.6 is 27.7 Å². The number of methoxy groups -OCH3 is 2. The molecule has 1 heterocycles. The third kappa shape index (κ3) is 5.86. The topological polar surface area (TPSA) is 113 Å². The van der Waals surface area contributed by atoms with Crippen LogP contribution in [-0.4, -0.2) is 47.4 Å². The van der Waals surface area contributed by atoms with E-state index in [1.54, 1.807) is 32.4 Å². The zero-order valence-corrected chi connectivity index (χ0v) is 21.8. The van der Waals surface area contributed by atoms with Gasteiger partial charge >= 0.3 is 5.16 Å². The van der Waals surface area contributed by atoms with Crippen molar-refractivity contribution in [3.63, 3.8) is 0 Å². The van der Waals surface area contributed by atoms with E-state index in [9.17, 15) is 9.90 Å². The van der Waals surface area contributed by atoms with Gasteiger partial charge in [0.05, 0.1) is 36.8 Å². The van der Waals surface area contributed by atoms with Gasteiger partial charge in [0.25, 0.3) is 11.7 Å². The third-order valence-electron chi connectivity index (χ3n) is 5.06. The Morgan fingerprint density at radius 1 is 1.14 bits per heavy atom. The molecule has 3 N–H and O–H groups in total. The Labute approximate surface area is 220 Å². The number of aromatic hydroxyl groups is 1. The van der Waals surface area contributed by atoms with Crippen LogP contribution in [0.1, 0.15) is 5.56 Å². The quantitative estimate of drug-likeness (QED) is 0.121. The molecule has 11 heteroatoms. The van der Waals surface area contributed by atoms with Crippen molar-refractivity contribution in [3.8, 4) is 34.3 Å². The molecule has 3 aromatic carbocycles. The first-order chi connectivity index (χ1) is 17.5. The van der Waals surface area contributed by atoms with Gasteiger partial charge in [-0.15, -0.1) is 5.10 Å². The molecular weight excluding hydrogens is 546 g/mol. The Balaban J connectivity index is 1.54. The molecule has 0 saturated carbocycles. The van der Waals surface area contributed by atoms with Crippen LogP contribution in [0.25, 0.3) is 17.1 Å². The maximum absolute atomic E-state index is 12.4. The summed E-state index contributed by atoms with van der Waals surface area (Å²) in [5.74, 6) is 1.75. The summed E-state index contributed by atoms with van der Waals surface area (Å²) >= 11 is 4.60. The van der Waals surface area contributed by atoms with E-state index in [0.717, 1.165) is 15.7 Å². The number of hydrogen-bond acceptors (Lipinski definition) is 7. The first-order valence-corrected chi connectivity index (χ1v) is 12.5. The van der Waals surface area contributed by atoms with E-state index in [4.69, 9.17) is 9.47 Å². The van der Waals surface area contributed by atoms with Crippen LogP contribution in [0, 0.1) is 0 Å². The molecule has 1 aromatic heterocycles. The van der Waals surface area contributed by atoms with E-state index >= 15 is 0 Å². The minimum atomic E-state index is -0.319. The monoisotopic (exact) mass is 568 g/mol. The number of carbonyl (C=O) groups excluding carboxylic acids is 1. The SMILES string of the molecule is COc1ccc(-c2[nH]nc(SCC(=O)NN=Cc3cc(Br)ccc3O)[n+]2-c2ccccc2)cc1OC. The predicted octanol–water partition coefficient (Wildman–Crippen LogP) is 4.08. The van der Waals surface area contributed by atoms with Gasteiger partial charge in [-0.2, -0.15) is 9.67 Å². The molecule has 0 fully saturated rings. The fourth-order valence-corrected chi connectivity index (χ4v) is 4.49. The van der Waals surface area contributed by atoms with Crippen LogP contribution in [0.3, 0.4) is 0 Å². The minimum Gasteiger partial charge on any atom is -0.507 e. The summed E-state index contributed by atoms with van der Waals surface area (Å²) in [6, 6.07) is 20.2. The molecule has 0 unspecified atom stereocenters. The number of ether oxygens (including phenoxy) is 2. The van der Waals surface area contributed by atoms with Crippen molar-refractivity contribution >= 4 is 39.8 Å². The molecule has 0 bridgehead atoms. The van der Waals surface area contributed by atoms with Crippen molar-refractivity contribution in [3.05, 3.63) is 76.8 Å². The fraction of sp³-hybridized carbons (Fsp3) is 0.120. The molecule has 36 heavy (non-hydrogen) atoms. The number of aromatic amines is 1. The number of aromatic nitrogens is 3. The molecule has 0 aliphatic carbocycles. The van der Waals surface area contributed by atoms with Gasteiger partial charge in [0.1, 0.15) is 11.4 Å². The standard InChI is InChI=1S/C25H22BrN5O4S/c1-34-21-11-8-16(13-22(21)35-2)24-29-30-25(31(24)19-6-4-3-5-7-19)36-15-23(33)28-27-14-17-12-18(26)9-10-20(17)32/h3-14H,15H2,1-2H3,(H2,27,28,32,33)/p+1. The molecule has 9 nitrogen and oxygen atoms in total. The highest BCUT2D eigenvalue weighted by molar-refractivity contribution is 9.10. The van der Waals surface area contributed by atoms with Gasteiger partial charge in [-0.25, -0.2) is 5.43 Å². The molecule has 0 atom stereocenters. The van der Waals surface area contributed by atoms with Crippen molar-refractivity contribution in [1.82, 2.24) is 15.6 Å². The summed E-state index contributed by atoms with van der Waals surface area (Å²) in [7, 11) is 3.17. The van der Waals surface area contributed by atoms with Crippen LogP contribution in [0.5, 0.6) is 17.2 Å². The second-order valence-electron chi connectivity index (χ2n) is 7.38. The molecule has 0 radical (unpaired) electrons. The molecule has 0 saturated heterocycles.